The minimum Gasteiger partial charge on any atom is -0.497 e. The van der Waals surface area contributed by atoms with E-state index in [-0.39, 0.29) is 12.6 Å². The Kier molecular flexibility index (Phi) is 6.69. The van der Waals surface area contributed by atoms with E-state index in [1.807, 2.05) is 0 Å². The van der Waals surface area contributed by atoms with Gasteiger partial charge < -0.3 is 24.3 Å². The summed E-state index contributed by atoms with van der Waals surface area (Å²) in [6.07, 6.45) is 2.92. The number of rotatable bonds is 8. The first-order valence-corrected chi connectivity index (χ1v) is 9.18. The van der Waals surface area contributed by atoms with Crippen LogP contribution in [-0.2, 0) is 14.3 Å². The molecule has 1 heterocycles. The number of amides is 1. The van der Waals surface area contributed by atoms with Gasteiger partial charge in [-0.15, -0.1) is 0 Å². The van der Waals surface area contributed by atoms with Gasteiger partial charge in [-0.25, -0.2) is 4.79 Å². The zero-order valence-corrected chi connectivity index (χ0v) is 16.5. The van der Waals surface area contributed by atoms with E-state index >= 15 is 0 Å². The summed E-state index contributed by atoms with van der Waals surface area (Å²) in [5.41, 5.74) is 1.14. The highest BCUT2D eigenvalue weighted by atomic mass is 16.7. The maximum absolute atomic E-state index is 12.2. The number of ether oxygens (including phenoxy) is 4. The molecule has 0 aliphatic carbocycles. The fraction of sp³-hybridized carbons (Fsp3) is 0.227. The van der Waals surface area contributed by atoms with Gasteiger partial charge in [-0.05, 0) is 48.9 Å². The molecule has 0 radical (unpaired) electrons. The highest BCUT2D eigenvalue weighted by Gasteiger charge is 2.20. The van der Waals surface area contributed by atoms with Crippen LogP contribution in [0.5, 0.6) is 17.2 Å². The largest absolute Gasteiger partial charge is 0.497 e. The molecule has 0 saturated carbocycles. The van der Waals surface area contributed by atoms with Crippen molar-refractivity contribution in [3.8, 4) is 17.2 Å². The molecule has 8 heteroatoms. The van der Waals surface area contributed by atoms with Crippen molar-refractivity contribution in [1.29, 1.82) is 0 Å². The summed E-state index contributed by atoms with van der Waals surface area (Å²) in [5, 5.41) is 2.50. The molecule has 0 saturated heterocycles. The molecule has 0 fully saturated rings. The van der Waals surface area contributed by atoms with Crippen LogP contribution in [0.25, 0.3) is 6.08 Å². The van der Waals surface area contributed by atoms with Crippen molar-refractivity contribution in [2.24, 2.45) is 0 Å². The van der Waals surface area contributed by atoms with Gasteiger partial charge in [0.05, 0.1) is 7.11 Å². The second-order valence-corrected chi connectivity index (χ2v) is 6.44. The van der Waals surface area contributed by atoms with Crippen molar-refractivity contribution < 1.29 is 33.3 Å². The Labute approximate surface area is 173 Å². The molecule has 1 atom stereocenters. The Bertz CT molecular complexity index is 966. The van der Waals surface area contributed by atoms with Gasteiger partial charge in [0.1, 0.15) is 11.8 Å². The number of nitrogens with one attached hydrogen (secondary N) is 1. The van der Waals surface area contributed by atoms with E-state index in [2.05, 4.69) is 5.32 Å². The van der Waals surface area contributed by atoms with Crippen LogP contribution in [0.2, 0.25) is 0 Å². The second kappa shape index (κ2) is 9.60. The number of benzene rings is 2. The zero-order chi connectivity index (χ0) is 21.5. The van der Waals surface area contributed by atoms with Crippen LogP contribution in [0.1, 0.15) is 22.8 Å². The smallest absolute Gasteiger partial charge is 0.328 e. The fourth-order valence-corrected chi connectivity index (χ4v) is 2.62. The number of carbonyl (C=O) groups excluding carboxylic acids is 3. The number of fused-ring (bicyclic) bond motifs is 1. The standard InChI is InChI=1S/C22H21NO7/c1-14(23-21(25)10-5-15-3-7-17(27-2)8-4-15)22(26)28-12-18(24)16-6-9-19-20(11-16)30-13-29-19/h3-11,14H,12-13H2,1-2H3,(H,23,25)/b10-5+. The first-order valence-electron chi connectivity index (χ1n) is 9.18. The van der Waals surface area contributed by atoms with Crippen LogP contribution in [0.15, 0.2) is 48.5 Å². The molecular formula is C22H21NO7. The fourth-order valence-electron chi connectivity index (χ4n) is 2.62. The van der Waals surface area contributed by atoms with Gasteiger partial charge in [-0.1, -0.05) is 12.1 Å². The van der Waals surface area contributed by atoms with Crippen molar-refractivity contribution in [3.05, 3.63) is 59.7 Å². The minimum atomic E-state index is -0.914. The Balaban J connectivity index is 1.46. The lowest BCUT2D eigenvalue weighted by Crippen LogP contribution is -2.39. The van der Waals surface area contributed by atoms with E-state index in [0.717, 1.165) is 5.56 Å². The van der Waals surface area contributed by atoms with Gasteiger partial charge in [0.2, 0.25) is 12.7 Å². The summed E-state index contributed by atoms with van der Waals surface area (Å²) >= 11 is 0. The maximum Gasteiger partial charge on any atom is 0.328 e. The molecule has 1 aliphatic rings. The molecule has 1 unspecified atom stereocenters. The van der Waals surface area contributed by atoms with Crippen molar-refractivity contribution in [2.45, 2.75) is 13.0 Å². The Morgan fingerprint density at radius 1 is 1.10 bits per heavy atom. The van der Waals surface area contributed by atoms with E-state index in [9.17, 15) is 14.4 Å². The summed E-state index contributed by atoms with van der Waals surface area (Å²) in [6, 6.07) is 10.9. The number of carbonyl (C=O) groups is 3. The predicted octanol–water partition coefficient (Wildman–Crippen LogP) is 2.37. The van der Waals surface area contributed by atoms with Crippen LogP contribution in [0.4, 0.5) is 0 Å². The molecule has 1 aliphatic heterocycles. The molecule has 0 bridgehead atoms. The summed E-state index contributed by atoms with van der Waals surface area (Å²) in [6.45, 7) is 1.14. The van der Waals surface area contributed by atoms with Gasteiger partial charge in [0.25, 0.3) is 0 Å². The molecule has 2 aromatic rings. The van der Waals surface area contributed by atoms with Gasteiger partial charge in [-0.3, -0.25) is 9.59 Å². The Morgan fingerprint density at radius 3 is 2.57 bits per heavy atom. The number of hydrogen-bond donors (Lipinski definition) is 1. The lowest BCUT2D eigenvalue weighted by Gasteiger charge is -2.12. The van der Waals surface area contributed by atoms with Gasteiger partial charge in [0, 0.05) is 11.6 Å². The molecule has 3 rings (SSSR count). The lowest BCUT2D eigenvalue weighted by molar-refractivity contribution is -0.145. The molecule has 8 nitrogen and oxygen atoms in total. The van der Waals surface area contributed by atoms with Crippen molar-refractivity contribution >= 4 is 23.7 Å². The Morgan fingerprint density at radius 2 is 1.83 bits per heavy atom. The van der Waals surface area contributed by atoms with Crippen LogP contribution in [0, 0.1) is 0 Å². The van der Waals surface area contributed by atoms with Crippen LogP contribution < -0.4 is 19.5 Å². The van der Waals surface area contributed by atoms with Crippen LogP contribution in [-0.4, -0.2) is 44.2 Å². The monoisotopic (exact) mass is 411 g/mol. The van der Waals surface area contributed by atoms with Crippen molar-refractivity contribution in [2.75, 3.05) is 20.5 Å². The molecule has 156 valence electrons. The quantitative estimate of drug-likeness (QED) is 0.404. The molecule has 2 aromatic carbocycles. The lowest BCUT2D eigenvalue weighted by atomic mass is 10.1. The minimum absolute atomic E-state index is 0.103. The predicted molar refractivity (Wildman–Crippen MR) is 107 cm³/mol. The van der Waals surface area contributed by atoms with Crippen molar-refractivity contribution in [3.63, 3.8) is 0 Å². The van der Waals surface area contributed by atoms with E-state index in [1.54, 1.807) is 49.6 Å². The first kappa shape index (κ1) is 20.9. The van der Waals surface area contributed by atoms with E-state index in [4.69, 9.17) is 18.9 Å². The second-order valence-electron chi connectivity index (χ2n) is 6.44. The molecule has 1 amide bonds. The SMILES string of the molecule is COc1ccc(/C=C/C(=O)NC(C)C(=O)OCC(=O)c2ccc3c(c2)OCO3)cc1. The third-order valence-corrected chi connectivity index (χ3v) is 4.30. The topological polar surface area (TPSA) is 100 Å². The Hall–Kier alpha value is -3.81. The van der Waals surface area contributed by atoms with Gasteiger partial charge in [-0.2, -0.15) is 0 Å². The molecule has 30 heavy (non-hydrogen) atoms. The highest BCUT2D eigenvalue weighted by Crippen LogP contribution is 2.32. The maximum atomic E-state index is 12.2. The number of ketones is 1. The van der Waals surface area contributed by atoms with E-state index in [1.165, 1.54) is 19.1 Å². The third kappa shape index (κ3) is 5.38. The molecular weight excluding hydrogens is 390 g/mol. The average Bonchev–Trinajstić information content (AvgIpc) is 3.24. The van der Waals surface area contributed by atoms with E-state index in [0.29, 0.717) is 22.8 Å². The summed E-state index contributed by atoms with van der Waals surface area (Å²) < 4.78 is 20.5. The summed E-state index contributed by atoms with van der Waals surface area (Å²) in [7, 11) is 1.57. The normalized spacial score (nSPS) is 13.0. The zero-order valence-electron chi connectivity index (χ0n) is 16.5. The number of hydrogen-bond acceptors (Lipinski definition) is 7. The van der Waals surface area contributed by atoms with E-state index < -0.39 is 24.5 Å². The van der Waals surface area contributed by atoms with Gasteiger partial charge >= 0.3 is 5.97 Å². The number of esters is 1. The molecule has 1 N–H and O–H groups in total. The third-order valence-electron chi connectivity index (χ3n) is 4.30. The summed E-state index contributed by atoms with van der Waals surface area (Å²) in [5.74, 6) is 0.175. The number of Topliss-reactive ketones (excluding diaryl/α,β-unsaturated/α-hetero) is 1. The van der Waals surface area contributed by atoms with Crippen LogP contribution >= 0.6 is 0 Å². The highest BCUT2D eigenvalue weighted by molar-refractivity contribution is 5.99. The van der Waals surface area contributed by atoms with Gasteiger partial charge in [0.15, 0.2) is 23.9 Å². The summed E-state index contributed by atoms with van der Waals surface area (Å²) in [4.78, 5) is 36.3. The molecule has 0 aromatic heterocycles. The van der Waals surface area contributed by atoms with Crippen LogP contribution in [0.3, 0.4) is 0 Å². The first-order chi connectivity index (χ1) is 14.5. The van der Waals surface area contributed by atoms with Crippen molar-refractivity contribution in [1.82, 2.24) is 5.32 Å². The average molecular weight is 411 g/mol. The number of methoxy groups -OCH3 is 1. The molecule has 0 spiro atoms.